The summed E-state index contributed by atoms with van der Waals surface area (Å²) < 4.78 is 5.42. The number of benzene rings is 1. The zero-order valence-electron chi connectivity index (χ0n) is 16.4. The molecule has 3 rings (SSSR count). The van der Waals surface area contributed by atoms with Crippen LogP contribution >= 0.6 is 0 Å². The molecule has 29 heavy (non-hydrogen) atoms. The first-order valence-electron chi connectivity index (χ1n) is 9.28. The van der Waals surface area contributed by atoms with E-state index in [0.717, 1.165) is 18.7 Å². The van der Waals surface area contributed by atoms with Crippen molar-refractivity contribution in [3.05, 3.63) is 35.4 Å². The number of carbonyl (C=O) groups is 2. The Balaban J connectivity index is 1.63. The van der Waals surface area contributed by atoms with Crippen molar-refractivity contribution in [1.29, 1.82) is 0 Å². The molecular weight excluding hydrogens is 372 g/mol. The minimum atomic E-state index is -1.04. The van der Waals surface area contributed by atoms with Gasteiger partial charge >= 0.3 is 0 Å². The lowest BCUT2D eigenvalue weighted by Gasteiger charge is -2.45. The number of nitrogens with zero attached hydrogens (tertiary/aromatic N) is 1. The van der Waals surface area contributed by atoms with Crippen molar-refractivity contribution in [2.24, 2.45) is 5.92 Å². The molecule has 152 valence electrons. The highest BCUT2D eigenvalue weighted by Gasteiger charge is 2.49. The molecule has 0 spiro atoms. The molecule has 0 aromatic heterocycles. The Hall–Kier alpha value is -2.88. The van der Waals surface area contributed by atoms with Crippen molar-refractivity contribution < 1.29 is 19.5 Å². The summed E-state index contributed by atoms with van der Waals surface area (Å²) in [6, 6.07) is 5.66. The SMILES string of the molecule is COC1(C(NC(=O)c2ccc(C#CC#CC3CN(C)C3)cc2)C(=O)NO)CNC1. The third kappa shape index (κ3) is 4.76. The highest BCUT2D eigenvalue weighted by atomic mass is 16.5. The summed E-state index contributed by atoms with van der Waals surface area (Å²) >= 11 is 0. The topological polar surface area (TPSA) is 103 Å². The number of ether oxygens (including phenoxy) is 1. The van der Waals surface area contributed by atoms with Crippen LogP contribution in [0.5, 0.6) is 0 Å². The molecule has 4 N–H and O–H groups in total. The highest BCUT2D eigenvalue weighted by Crippen LogP contribution is 2.21. The first-order valence-corrected chi connectivity index (χ1v) is 9.28. The monoisotopic (exact) mass is 396 g/mol. The minimum Gasteiger partial charge on any atom is -0.373 e. The van der Waals surface area contributed by atoms with E-state index in [4.69, 9.17) is 9.94 Å². The minimum absolute atomic E-state index is 0.369. The molecule has 1 unspecified atom stereocenters. The van der Waals surface area contributed by atoms with Crippen LogP contribution in [0.2, 0.25) is 0 Å². The van der Waals surface area contributed by atoms with E-state index in [1.807, 2.05) is 0 Å². The predicted molar refractivity (Wildman–Crippen MR) is 106 cm³/mol. The third-order valence-electron chi connectivity index (χ3n) is 5.19. The number of hydrogen-bond donors (Lipinski definition) is 4. The Morgan fingerprint density at radius 1 is 1.28 bits per heavy atom. The van der Waals surface area contributed by atoms with Crippen LogP contribution in [0.1, 0.15) is 15.9 Å². The number of methoxy groups -OCH3 is 1. The summed E-state index contributed by atoms with van der Waals surface area (Å²) in [4.78, 5) is 26.8. The summed E-state index contributed by atoms with van der Waals surface area (Å²) in [5.74, 6) is 11.0. The zero-order valence-corrected chi connectivity index (χ0v) is 16.4. The average Bonchev–Trinajstić information content (AvgIpc) is 2.68. The molecule has 8 heteroatoms. The number of nitrogens with one attached hydrogen (secondary N) is 3. The van der Waals surface area contributed by atoms with Crippen LogP contribution in [0.15, 0.2) is 24.3 Å². The Kier molecular flexibility index (Phi) is 6.53. The van der Waals surface area contributed by atoms with E-state index in [-0.39, 0.29) is 0 Å². The summed E-state index contributed by atoms with van der Waals surface area (Å²) in [5, 5.41) is 14.7. The van der Waals surface area contributed by atoms with E-state index in [1.165, 1.54) is 7.11 Å². The Bertz CT molecular complexity index is 876. The standard InChI is InChI=1S/C21H24N4O4/c1-25-11-16(12-25)6-4-3-5-15-7-9-17(10-8-15)19(26)23-18(20(27)24-28)21(29-2)13-22-14-21/h7-10,16,18,22,28H,11-14H2,1-2H3,(H,23,26)(H,24,27). The van der Waals surface area contributed by atoms with Gasteiger partial charge in [-0.15, -0.1) is 0 Å². The van der Waals surface area contributed by atoms with Crippen molar-refractivity contribution in [3.8, 4) is 23.7 Å². The maximum atomic E-state index is 12.6. The molecule has 8 nitrogen and oxygen atoms in total. The molecule has 1 aromatic rings. The van der Waals surface area contributed by atoms with Gasteiger partial charge in [-0.25, -0.2) is 5.48 Å². The first-order chi connectivity index (χ1) is 14.0. The van der Waals surface area contributed by atoms with Crippen LogP contribution < -0.4 is 16.1 Å². The van der Waals surface area contributed by atoms with Crippen molar-refractivity contribution in [3.63, 3.8) is 0 Å². The number of hydroxylamine groups is 1. The number of carbonyl (C=O) groups excluding carboxylic acids is 2. The van der Waals surface area contributed by atoms with Gasteiger partial charge in [0.25, 0.3) is 11.8 Å². The lowest BCUT2D eigenvalue weighted by molar-refractivity contribution is -0.145. The molecule has 2 heterocycles. The van der Waals surface area contributed by atoms with Crippen LogP contribution in [0.4, 0.5) is 0 Å². The van der Waals surface area contributed by atoms with Gasteiger partial charge < -0.3 is 20.3 Å². The number of likely N-dealkylation sites (tertiary alicyclic amines) is 1. The van der Waals surface area contributed by atoms with Crippen molar-refractivity contribution in [1.82, 2.24) is 21.0 Å². The fraction of sp³-hybridized carbons (Fsp3) is 0.429. The number of amides is 2. The quantitative estimate of drug-likeness (QED) is 0.295. The lowest BCUT2D eigenvalue weighted by Crippen LogP contribution is -2.74. The molecule has 1 aromatic carbocycles. The molecule has 0 saturated carbocycles. The second-order valence-electron chi connectivity index (χ2n) is 7.27. The summed E-state index contributed by atoms with van der Waals surface area (Å²) in [7, 11) is 3.52. The van der Waals surface area contributed by atoms with Gasteiger partial charge in [0.2, 0.25) is 0 Å². The van der Waals surface area contributed by atoms with Crippen LogP contribution in [0, 0.1) is 29.6 Å². The summed E-state index contributed by atoms with van der Waals surface area (Å²) in [5.41, 5.74) is 1.80. The highest BCUT2D eigenvalue weighted by molar-refractivity contribution is 5.98. The molecule has 0 bridgehead atoms. The average molecular weight is 396 g/mol. The molecular formula is C21H24N4O4. The van der Waals surface area contributed by atoms with E-state index in [2.05, 4.69) is 46.3 Å². The van der Waals surface area contributed by atoms with Crippen molar-refractivity contribution >= 4 is 11.8 Å². The molecule has 2 saturated heterocycles. The fourth-order valence-electron chi connectivity index (χ4n) is 3.29. The van der Waals surface area contributed by atoms with E-state index in [0.29, 0.717) is 24.6 Å². The van der Waals surface area contributed by atoms with Gasteiger partial charge in [-0.3, -0.25) is 14.8 Å². The van der Waals surface area contributed by atoms with Gasteiger partial charge in [-0.2, -0.15) is 0 Å². The molecule has 1 atom stereocenters. The van der Waals surface area contributed by atoms with Gasteiger partial charge in [0, 0.05) is 50.3 Å². The second-order valence-corrected chi connectivity index (χ2v) is 7.27. The van der Waals surface area contributed by atoms with E-state index < -0.39 is 23.5 Å². The van der Waals surface area contributed by atoms with Crippen LogP contribution in [0.25, 0.3) is 0 Å². The summed E-state index contributed by atoms with van der Waals surface area (Å²) in [6.07, 6.45) is 0. The lowest BCUT2D eigenvalue weighted by atomic mass is 9.87. The molecule has 0 radical (unpaired) electrons. The Morgan fingerprint density at radius 2 is 1.97 bits per heavy atom. The molecule has 0 aliphatic carbocycles. The normalized spacial score (nSPS) is 18.6. The van der Waals surface area contributed by atoms with Gasteiger partial charge in [-0.05, 0) is 43.2 Å². The smallest absolute Gasteiger partial charge is 0.269 e. The fourth-order valence-corrected chi connectivity index (χ4v) is 3.29. The van der Waals surface area contributed by atoms with E-state index in [1.54, 1.807) is 29.7 Å². The maximum Gasteiger partial charge on any atom is 0.269 e. The second kappa shape index (κ2) is 9.08. The number of hydrogen-bond acceptors (Lipinski definition) is 6. The molecule has 2 fully saturated rings. The zero-order chi connectivity index (χ0) is 20.9. The van der Waals surface area contributed by atoms with Crippen LogP contribution in [-0.4, -0.2) is 73.9 Å². The molecule has 2 amide bonds. The third-order valence-corrected chi connectivity index (χ3v) is 5.19. The first kappa shape index (κ1) is 20.8. The van der Waals surface area contributed by atoms with E-state index in [9.17, 15) is 9.59 Å². The Labute approximate surface area is 169 Å². The molecule has 2 aliphatic rings. The maximum absolute atomic E-state index is 12.6. The van der Waals surface area contributed by atoms with E-state index >= 15 is 0 Å². The Morgan fingerprint density at radius 3 is 2.48 bits per heavy atom. The van der Waals surface area contributed by atoms with Gasteiger partial charge in [0.1, 0.15) is 11.6 Å². The van der Waals surface area contributed by atoms with Crippen molar-refractivity contribution in [2.45, 2.75) is 11.6 Å². The van der Waals surface area contributed by atoms with Crippen LogP contribution in [-0.2, 0) is 9.53 Å². The predicted octanol–water partition coefficient (Wildman–Crippen LogP) is -0.805. The van der Waals surface area contributed by atoms with Crippen LogP contribution in [0.3, 0.4) is 0 Å². The molecule has 2 aliphatic heterocycles. The largest absolute Gasteiger partial charge is 0.373 e. The van der Waals surface area contributed by atoms with Crippen molar-refractivity contribution in [2.75, 3.05) is 40.3 Å². The number of rotatable bonds is 5. The summed E-state index contributed by atoms with van der Waals surface area (Å²) in [6.45, 7) is 2.73. The van der Waals surface area contributed by atoms with Gasteiger partial charge in [0.05, 0.1) is 0 Å². The van der Waals surface area contributed by atoms with Gasteiger partial charge in [0.15, 0.2) is 0 Å². The van der Waals surface area contributed by atoms with Gasteiger partial charge in [-0.1, -0.05) is 11.8 Å².